The van der Waals surface area contributed by atoms with Crippen LogP contribution in [0.4, 0.5) is 28.6 Å². The van der Waals surface area contributed by atoms with E-state index >= 15 is 0 Å². The Morgan fingerprint density at radius 1 is 0.565 bits per heavy atom. The minimum absolute atomic E-state index is 0.0749. The molecule has 7 heteroatoms. The Labute approximate surface area is 269 Å². The lowest BCUT2D eigenvalue weighted by Gasteiger charge is -2.26. The number of rotatable bonds is 5. The van der Waals surface area contributed by atoms with Crippen molar-refractivity contribution in [1.82, 2.24) is 0 Å². The second kappa shape index (κ2) is 13.4. The predicted octanol–water partition coefficient (Wildman–Crippen LogP) is 11.2. The maximum atomic E-state index is 9.75. The SMILES string of the molecule is Cc1cc(C)c(-c2ccccc2N2C=[N+](c3c(C)cc(C)cc3C)[C@@H](c3ccccc3)[C@@H]2c2ccccc2)c(C)c1.F[B-](F)(F)F. The Hall–Kier alpha value is -4.65. The van der Waals surface area contributed by atoms with Crippen molar-refractivity contribution in [1.29, 1.82) is 0 Å². The van der Waals surface area contributed by atoms with Crippen LogP contribution in [0.25, 0.3) is 11.1 Å². The third kappa shape index (κ3) is 7.09. The molecule has 0 unspecified atom stereocenters. The number of benzene rings is 5. The lowest BCUT2D eigenvalue weighted by atomic mass is 9.89. The van der Waals surface area contributed by atoms with Gasteiger partial charge >= 0.3 is 7.25 Å². The third-order valence-electron chi connectivity index (χ3n) is 8.45. The molecule has 1 heterocycles. The fourth-order valence-electron chi connectivity index (χ4n) is 7.07. The molecule has 2 atom stereocenters. The molecular weight excluding hydrogens is 583 g/mol. The number of anilines is 1. The van der Waals surface area contributed by atoms with Gasteiger partial charge in [0, 0.05) is 16.7 Å². The van der Waals surface area contributed by atoms with Crippen molar-refractivity contribution in [2.75, 3.05) is 4.90 Å². The molecule has 0 aliphatic carbocycles. The van der Waals surface area contributed by atoms with Crippen LogP contribution in [0.3, 0.4) is 0 Å². The number of aryl methyl sites for hydroxylation is 6. The first-order chi connectivity index (χ1) is 21.8. The molecule has 1 aliphatic heterocycles. The Morgan fingerprint density at radius 3 is 1.52 bits per heavy atom. The topological polar surface area (TPSA) is 6.25 Å². The van der Waals surface area contributed by atoms with Gasteiger partial charge in [-0.3, -0.25) is 0 Å². The van der Waals surface area contributed by atoms with Gasteiger partial charge in [0.05, 0.1) is 0 Å². The summed E-state index contributed by atoms with van der Waals surface area (Å²) < 4.78 is 41.5. The minimum atomic E-state index is -6.00. The molecule has 0 aromatic heterocycles. The number of nitrogens with zero attached hydrogens (tertiary/aromatic N) is 2. The largest absolute Gasteiger partial charge is 0.673 e. The maximum Gasteiger partial charge on any atom is 0.673 e. The van der Waals surface area contributed by atoms with E-state index in [1.807, 2.05) is 0 Å². The molecule has 0 amide bonds. The van der Waals surface area contributed by atoms with E-state index in [0.717, 1.165) is 0 Å². The van der Waals surface area contributed by atoms with E-state index in [-0.39, 0.29) is 12.1 Å². The fraction of sp³-hybridized carbons (Fsp3) is 0.205. The van der Waals surface area contributed by atoms with E-state index in [1.165, 1.54) is 67.0 Å². The van der Waals surface area contributed by atoms with Crippen molar-refractivity contribution in [3.8, 4) is 11.1 Å². The molecule has 0 saturated carbocycles. The Bertz CT molecular complexity index is 1820. The molecule has 1 aliphatic rings. The summed E-state index contributed by atoms with van der Waals surface area (Å²) in [6.07, 6.45) is 2.37. The molecule has 5 aromatic rings. The fourth-order valence-corrected chi connectivity index (χ4v) is 7.07. The molecule has 236 valence electrons. The highest BCUT2D eigenvalue weighted by atomic mass is 19.5. The van der Waals surface area contributed by atoms with Crippen LogP contribution in [0.15, 0.2) is 109 Å². The molecular formula is C39H39BF4N2. The average Bonchev–Trinajstić information content (AvgIpc) is 3.36. The highest BCUT2D eigenvalue weighted by molar-refractivity contribution is 6.50. The Balaban J connectivity index is 0.000000775. The number of halogens is 4. The summed E-state index contributed by atoms with van der Waals surface area (Å²) in [5.41, 5.74) is 15.5. The van der Waals surface area contributed by atoms with E-state index in [9.17, 15) is 17.3 Å². The molecule has 5 aromatic carbocycles. The van der Waals surface area contributed by atoms with Crippen LogP contribution in [-0.4, -0.2) is 18.2 Å². The molecule has 0 saturated heterocycles. The van der Waals surface area contributed by atoms with Gasteiger partial charge in [0.15, 0.2) is 12.1 Å². The van der Waals surface area contributed by atoms with Crippen molar-refractivity contribution in [2.24, 2.45) is 0 Å². The van der Waals surface area contributed by atoms with Gasteiger partial charge in [-0.1, -0.05) is 114 Å². The standard InChI is InChI=1S/C39H39N2.BF4/c1-26-21-28(3)36(29(4)22-26)34-19-13-14-20-35(34)40-25-41(37-30(5)23-27(2)24-31(37)6)39(33-17-11-8-12-18-33)38(40)32-15-9-7-10-16-32;2-1(3,4)5/h7-25,38-39H,1-6H3;/q+1;-1/t38-,39-;/m0./s1. The zero-order valence-electron chi connectivity index (χ0n) is 27.1. The first-order valence-electron chi connectivity index (χ1n) is 15.5. The highest BCUT2D eigenvalue weighted by Crippen LogP contribution is 2.48. The zero-order chi connectivity index (χ0) is 33.2. The number of hydrogen-bond acceptors (Lipinski definition) is 1. The van der Waals surface area contributed by atoms with Crippen LogP contribution in [-0.2, 0) is 0 Å². The minimum Gasteiger partial charge on any atom is -0.418 e. The molecule has 0 radical (unpaired) electrons. The van der Waals surface area contributed by atoms with E-state index in [4.69, 9.17) is 0 Å². The molecule has 0 N–H and O–H groups in total. The van der Waals surface area contributed by atoms with Crippen molar-refractivity contribution >= 4 is 25.0 Å². The lowest BCUT2D eigenvalue weighted by Crippen LogP contribution is -2.26. The van der Waals surface area contributed by atoms with Gasteiger partial charge in [-0.2, -0.15) is 0 Å². The maximum absolute atomic E-state index is 9.75. The van der Waals surface area contributed by atoms with Crippen molar-refractivity contribution in [3.63, 3.8) is 0 Å². The summed E-state index contributed by atoms with van der Waals surface area (Å²) in [6.45, 7) is 13.4. The number of hydrogen-bond donors (Lipinski definition) is 0. The summed E-state index contributed by atoms with van der Waals surface area (Å²) in [4.78, 5) is 2.53. The zero-order valence-corrected chi connectivity index (χ0v) is 27.1. The summed E-state index contributed by atoms with van der Waals surface area (Å²) >= 11 is 0. The summed E-state index contributed by atoms with van der Waals surface area (Å²) in [7, 11) is -6.00. The molecule has 2 nitrogen and oxygen atoms in total. The third-order valence-corrected chi connectivity index (χ3v) is 8.45. The van der Waals surface area contributed by atoms with E-state index in [2.05, 4.69) is 167 Å². The smallest absolute Gasteiger partial charge is 0.418 e. The Morgan fingerprint density at radius 2 is 1.00 bits per heavy atom. The van der Waals surface area contributed by atoms with Gasteiger partial charge in [0.1, 0.15) is 11.4 Å². The molecule has 46 heavy (non-hydrogen) atoms. The quantitative estimate of drug-likeness (QED) is 0.107. The average molecular weight is 623 g/mol. The number of para-hydroxylation sites is 1. The van der Waals surface area contributed by atoms with Crippen LogP contribution in [0.1, 0.15) is 56.6 Å². The van der Waals surface area contributed by atoms with E-state index in [1.54, 1.807) is 0 Å². The second-order valence-electron chi connectivity index (χ2n) is 12.2. The lowest BCUT2D eigenvalue weighted by molar-refractivity contribution is -0.482. The van der Waals surface area contributed by atoms with Crippen molar-refractivity contribution < 1.29 is 21.8 Å². The van der Waals surface area contributed by atoms with Gasteiger partial charge in [0.2, 0.25) is 6.34 Å². The van der Waals surface area contributed by atoms with Gasteiger partial charge in [-0.15, -0.1) is 0 Å². The van der Waals surface area contributed by atoms with Gasteiger partial charge in [0.25, 0.3) is 0 Å². The summed E-state index contributed by atoms with van der Waals surface area (Å²) in [6, 6.07) is 40.4. The van der Waals surface area contributed by atoms with Crippen molar-refractivity contribution in [3.05, 3.63) is 154 Å². The van der Waals surface area contributed by atoms with Crippen LogP contribution in [0, 0.1) is 41.5 Å². The molecule has 0 spiro atoms. The monoisotopic (exact) mass is 622 g/mol. The first-order valence-corrected chi connectivity index (χ1v) is 15.5. The molecule has 6 rings (SSSR count). The Kier molecular flexibility index (Phi) is 9.52. The molecule has 0 bridgehead atoms. The van der Waals surface area contributed by atoms with Crippen LogP contribution in [0.5, 0.6) is 0 Å². The summed E-state index contributed by atoms with van der Waals surface area (Å²) in [5.74, 6) is 0. The summed E-state index contributed by atoms with van der Waals surface area (Å²) in [5, 5.41) is 0. The van der Waals surface area contributed by atoms with Gasteiger partial charge in [-0.25, -0.2) is 9.48 Å². The second-order valence-corrected chi connectivity index (χ2v) is 12.2. The van der Waals surface area contributed by atoms with Crippen LogP contribution in [0.2, 0.25) is 0 Å². The normalized spacial score (nSPS) is 16.1. The highest BCUT2D eigenvalue weighted by Gasteiger charge is 2.47. The van der Waals surface area contributed by atoms with E-state index in [0.29, 0.717) is 0 Å². The van der Waals surface area contributed by atoms with Crippen LogP contribution >= 0.6 is 0 Å². The van der Waals surface area contributed by atoms with Crippen molar-refractivity contribution in [2.45, 2.75) is 53.6 Å². The van der Waals surface area contributed by atoms with Gasteiger partial charge < -0.3 is 17.3 Å². The van der Waals surface area contributed by atoms with Gasteiger partial charge in [-0.05, 0) is 75.4 Å². The molecule has 0 fully saturated rings. The van der Waals surface area contributed by atoms with Crippen LogP contribution < -0.4 is 4.90 Å². The first kappa shape index (κ1) is 32.7. The van der Waals surface area contributed by atoms with E-state index < -0.39 is 7.25 Å². The predicted molar refractivity (Wildman–Crippen MR) is 184 cm³/mol.